The molecule has 14 heteroatoms. The summed E-state index contributed by atoms with van der Waals surface area (Å²) < 4.78 is 39.2. The van der Waals surface area contributed by atoms with Gasteiger partial charge in [0.2, 0.25) is 0 Å². The number of alkyl halides is 3. The van der Waals surface area contributed by atoms with Crippen LogP contribution in [0, 0.1) is 11.8 Å². The Morgan fingerprint density at radius 1 is 1.19 bits per heavy atom. The van der Waals surface area contributed by atoms with E-state index >= 15 is 0 Å². The summed E-state index contributed by atoms with van der Waals surface area (Å²) in [5, 5.41) is 13.7. The highest BCUT2D eigenvalue weighted by molar-refractivity contribution is 7.13. The maximum atomic E-state index is 13.1. The molecule has 194 valence electrons. The second kappa shape index (κ2) is 12.3. The Balaban J connectivity index is 1.68. The van der Waals surface area contributed by atoms with Crippen LogP contribution in [0.15, 0.2) is 30.7 Å². The highest BCUT2D eigenvalue weighted by Gasteiger charge is 2.33. The molecule has 2 amide bonds. The molecule has 0 fully saturated rings. The average Bonchev–Trinajstić information content (AvgIpc) is 3.34. The number of carbonyl (C=O) groups is 2. The number of unbranched alkanes of at least 4 members (excludes halogenated alkanes) is 1. The Morgan fingerprint density at radius 2 is 1.95 bits per heavy atom. The summed E-state index contributed by atoms with van der Waals surface area (Å²) in [6.07, 6.45) is -1.37. The minimum Gasteiger partial charge on any atom is -0.396 e. The van der Waals surface area contributed by atoms with Crippen LogP contribution in [-0.2, 0) is 6.18 Å². The van der Waals surface area contributed by atoms with Crippen LogP contribution in [0.1, 0.15) is 62.2 Å². The van der Waals surface area contributed by atoms with Crippen molar-refractivity contribution in [1.82, 2.24) is 20.3 Å². The van der Waals surface area contributed by atoms with Gasteiger partial charge in [0.1, 0.15) is 26.9 Å². The van der Waals surface area contributed by atoms with Crippen molar-refractivity contribution >= 4 is 52.0 Å². The van der Waals surface area contributed by atoms with Gasteiger partial charge in [-0.25, -0.2) is 15.0 Å². The molecule has 0 bridgehead atoms. The summed E-state index contributed by atoms with van der Waals surface area (Å²) in [4.78, 5) is 37.4. The van der Waals surface area contributed by atoms with Gasteiger partial charge in [0.25, 0.3) is 11.8 Å². The molecule has 0 aliphatic rings. The van der Waals surface area contributed by atoms with Crippen molar-refractivity contribution in [2.45, 2.75) is 32.0 Å². The molecule has 3 aromatic rings. The normalized spacial score (nSPS) is 11.9. The first kappa shape index (κ1) is 28.3. The van der Waals surface area contributed by atoms with Gasteiger partial charge in [-0.15, -0.1) is 11.3 Å². The summed E-state index contributed by atoms with van der Waals surface area (Å²) >= 11 is 12.8. The first-order valence-electron chi connectivity index (χ1n) is 10.6. The standard InChI is InChI=1S/C23H18Cl2F3N5O3S/c1-12(32-21(36)19-18(25)16(30-11-31-19)5-3-2-4-8-34)22-29-10-17(37-22)20(35)33-13-6-7-15(24)14(9-13)23(26,27)28/h6-7,9-12,34H,2,4,8H2,1H3,(H,32,36)(H,33,35). The van der Waals surface area contributed by atoms with E-state index in [0.717, 1.165) is 29.8 Å². The molecule has 3 N–H and O–H groups in total. The fourth-order valence-corrected chi connectivity index (χ4v) is 4.13. The van der Waals surface area contributed by atoms with Crippen LogP contribution in [0.2, 0.25) is 10.0 Å². The lowest BCUT2D eigenvalue weighted by molar-refractivity contribution is -0.137. The molecule has 8 nitrogen and oxygen atoms in total. The van der Waals surface area contributed by atoms with Crippen molar-refractivity contribution in [3.63, 3.8) is 0 Å². The van der Waals surface area contributed by atoms with E-state index < -0.39 is 34.6 Å². The molecule has 2 aromatic heterocycles. The number of thiazole rings is 1. The molecule has 37 heavy (non-hydrogen) atoms. The van der Waals surface area contributed by atoms with E-state index in [4.69, 9.17) is 28.3 Å². The lowest BCUT2D eigenvalue weighted by Gasteiger charge is -2.12. The Hall–Kier alpha value is -3.24. The molecule has 0 radical (unpaired) electrons. The van der Waals surface area contributed by atoms with Gasteiger partial charge in [0.15, 0.2) is 5.69 Å². The van der Waals surface area contributed by atoms with Gasteiger partial charge in [-0.2, -0.15) is 13.2 Å². The number of rotatable bonds is 7. The molecule has 0 aliphatic heterocycles. The van der Waals surface area contributed by atoms with Crippen LogP contribution in [-0.4, -0.2) is 38.5 Å². The molecule has 0 aliphatic carbocycles. The van der Waals surface area contributed by atoms with Gasteiger partial charge < -0.3 is 15.7 Å². The van der Waals surface area contributed by atoms with Crippen LogP contribution in [0.4, 0.5) is 18.9 Å². The van der Waals surface area contributed by atoms with Crippen LogP contribution >= 0.6 is 34.5 Å². The zero-order valence-corrected chi connectivity index (χ0v) is 21.3. The predicted octanol–water partition coefficient (Wildman–Crippen LogP) is 5.13. The van der Waals surface area contributed by atoms with Crippen LogP contribution in [0.25, 0.3) is 0 Å². The molecule has 2 heterocycles. The number of aliphatic hydroxyl groups excluding tert-OH is 1. The fourth-order valence-electron chi connectivity index (χ4n) is 2.86. The predicted molar refractivity (Wildman–Crippen MR) is 133 cm³/mol. The fraction of sp³-hybridized carbons (Fsp3) is 0.261. The minimum atomic E-state index is -4.68. The molecular weight excluding hydrogens is 554 g/mol. The van der Waals surface area contributed by atoms with Crippen LogP contribution in [0.3, 0.4) is 0 Å². The van der Waals surface area contributed by atoms with Crippen molar-refractivity contribution in [3.8, 4) is 11.8 Å². The molecule has 3 rings (SSSR count). The van der Waals surface area contributed by atoms with E-state index in [9.17, 15) is 22.8 Å². The van der Waals surface area contributed by atoms with Crippen molar-refractivity contribution in [1.29, 1.82) is 0 Å². The lowest BCUT2D eigenvalue weighted by Crippen LogP contribution is -2.28. The monoisotopic (exact) mass is 571 g/mol. The maximum absolute atomic E-state index is 13.1. The third kappa shape index (κ3) is 7.39. The highest BCUT2D eigenvalue weighted by atomic mass is 35.5. The molecule has 1 atom stereocenters. The summed E-state index contributed by atoms with van der Waals surface area (Å²) in [7, 11) is 0. The van der Waals surface area contributed by atoms with Crippen molar-refractivity contribution in [2.24, 2.45) is 0 Å². The number of benzene rings is 1. The topological polar surface area (TPSA) is 117 Å². The smallest absolute Gasteiger partial charge is 0.396 e. The summed E-state index contributed by atoms with van der Waals surface area (Å²) in [5.74, 6) is 4.22. The van der Waals surface area contributed by atoms with Crippen molar-refractivity contribution < 1.29 is 27.9 Å². The van der Waals surface area contributed by atoms with Gasteiger partial charge in [0.05, 0.1) is 22.8 Å². The summed E-state index contributed by atoms with van der Waals surface area (Å²) in [6.45, 7) is 1.62. The van der Waals surface area contributed by atoms with Crippen molar-refractivity contribution in [3.05, 3.63) is 67.6 Å². The number of nitrogens with one attached hydrogen (secondary N) is 2. The first-order valence-corrected chi connectivity index (χ1v) is 12.1. The second-order valence-electron chi connectivity index (χ2n) is 7.42. The Labute approximate surface area is 223 Å². The SMILES string of the molecule is CC(NC(=O)c1ncnc(C#CCCCO)c1Cl)c1ncc(C(=O)Nc2ccc(Cl)c(C(F)(F)F)c2)s1. The van der Waals surface area contributed by atoms with Gasteiger partial charge >= 0.3 is 6.18 Å². The van der Waals surface area contributed by atoms with Gasteiger partial charge in [0, 0.05) is 18.7 Å². The molecule has 1 unspecified atom stereocenters. The van der Waals surface area contributed by atoms with E-state index in [0.29, 0.717) is 17.8 Å². The number of carbonyl (C=O) groups excluding carboxylic acids is 2. The third-order valence-corrected chi connectivity index (χ3v) is 6.53. The largest absolute Gasteiger partial charge is 0.417 e. The number of anilines is 1. The number of nitrogens with zero attached hydrogens (tertiary/aromatic N) is 3. The molecule has 0 saturated heterocycles. The van der Waals surface area contributed by atoms with Crippen LogP contribution < -0.4 is 10.6 Å². The number of aliphatic hydroxyl groups is 1. The lowest BCUT2D eigenvalue weighted by atomic mass is 10.2. The number of hydrogen-bond donors (Lipinski definition) is 3. The van der Waals surface area contributed by atoms with E-state index in [2.05, 4.69) is 37.4 Å². The van der Waals surface area contributed by atoms with E-state index in [1.54, 1.807) is 6.92 Å². The second-order valence-corrected chi connectivity index (χ2v) is 9.27. The summed E-state index contributed by atoms with van der Waals surface area (Å²) in [5.41, 5.74) is -1.10. The number of hydrogen-bond acceptors (Lipinski definition) is 7. The quantitative estimate of drug-likeness (QED) is 0.267. The van der Waals surface area contributed by atoms with E-state index in [1.807, 2.05) is 0 Å². The van der Waals surface area contributed by atoms with Gasteiger partial charge in [-0.05, 0) is 37.5 Å². The summed E-state index contributed by atoms with van der Waals surface area (Å²) in [6, 6.07) is 2.37. The maximum Gasteiger partial charge on any atom is 0.417 e. The number of aromatic nitrogens is 3. The zero-order chi connectivity index (χ0) is 27.2. The Kier molecular flexibility index (Phi) is 9.45. The van der Waals surface area contributed by atoms with Gasteiger partial charge in [-0.1, -0.05) is 29.1 Å². The molecular formula is C23H18Cl2F3N5O3S. The zero-order valence-electron chi connectivity index (χ0n) is 19.0. The van der Waals surface area contributed by atoms with Crippen molar-refractivity contribution in [2.75, 3.05) is 11.9 Å². The van der Waals surface area contributed by atoms with E-state index in [1.165, 1.54) is 12.3 Å². The molecule has 0 spiro atoms. The first-order chi connectivity index (χ1) is 17.5. The Bertz CT molecular complexity index is 1370. The average molecular weight is 572 g/mol. The minimum absolute atomic E-state index is 0.00201. The molecule has 1 aromatic carbocycles. The Morgan fingerprint density at radius 3 is 2.65 bits per heavy atom. The highest BCUT2D eigenvalue weighted by Crippen LogP contribution is 2.36. The van der Waals surface area contributed by atoms with Gasteiger partial charge in [-0.3, -0.25) is 9.59 Å². The number of halogens is 5. The van der Waals surface area contributed by atoms with E-state index in [-0.39, 0.29) is 33.6 Å². The third-order valence-electron chi connectivity index (χ3n) is 4.67. The molecule has 0 saturated carbocycles. The van der Waals surface area contributed by atoms with Crippen LogP contribution in [0.5, 0.6) is 0 Å². The number of amides is 2.